The highest BCUT2D eigenvalue weighted by molar-refractivity contribution is 6.35. The molecule has 0 saturated carbocycles. The van der Waals surface area contributed by atoms with Crippen molar-refractivity contribution in [1.29, 1.82) is 0 Å². The standard InChI is InChI=1S/C21H26ClN3O4/c1-11(2)10-14-15-16(19(27)25(18(15)26)8-5-9-29-3)21(24-14)12-6-4-7-13(22)17(12)23-20(21)28/h4,6-7,11,14-16,24H,5,8-10H2,1-3H3,(H,23,28)/t14-,15-,16+,21-/m1/s1. The number of amides is 3. The number of carbonyl (C=O) groups excluding carboxylic acids is 3. The molecule has 0 radical (unpaired) electrons. The quantitative estimate of drug-likeness (QED) is 0.545. The van der Waals surface area contributed by atoms with E-state index in [0.717, 1.165) is 0 Å². The zero-order valence-corrected chi connectivity index (χ0v) is 17.6. The molecule has 2 saturated heterocycles. The van der Waals surface area contributed by atoms with Gasteiger partial charge in [-0.1, -0.05) is 37.6 Å². The number of imide groups is 1. The Morgan fingerprint density at radius 1 is 1.24 bits per heavy atom. The molecule has 0 aliphatic carbocycles. The summed E-state index contributed by atoms with van der Waals surface area (Å²) in [5.74, 6) is -1.85. The van der Waals surface area contributed by atoms with E-state index in [-0.39, 0.29) is 23.8 Å². The third kappa shape index (κ3) is 2.90. The molecule has 0 unspecified atom stereocenters. The smallest absolute Gasteiger partial charge is 0.250 e. The predicted molar refractivity (Wildman–Crippen MR) is 108 cm³/mol. The lowest BCUT2D eigenvalue weighted by molar-refractivity contribution is -0.143. The zero-order chi connectivity index (χ0) is 20.9. The Kier molecular flexibility index (Phi) is 5.17. The first-order chi connectivity index (χ1) is 13.8. The van der Waals surface area contributed by atoms with Gasteiger partial charge >= 0.3 is 0 Å². The summed E-state index contributed by atoms with van der Waals surface area (Å²) in [7, 11) is 1.59. The summed E-state index contributed by atoms with van der Waals surface area (Å²) in [5.41, 5.74) is -0.0995. The summed E-state index contributed by atoms with van der Waals surface area (Å²) in [6.07, 6.45) is 1.26. The van der Waals surface area contributed by atoms with E-state index >= 15 is 0 Å². The highest BCUT2D eigenvalue weighted by atomic mass is 35.5. The lowest BCUT2D eigenvalue weighted by Crippen LogP contribution is -2.53. The van der Waals surface area contributed by atoms with E-state index in [9.17, 15) is 14.4 Å². The number of carbonyl (C=O) groups is 3. The van der Waals surface area contributed by atoms with Crippen LogP contribution in [0.5, 0.6) is 0 Å². The first-order valence-corrected chi connectivity index (χ1v) is 10.4. The fourth-order valence-corrected chi connectivity index (χ4v) is 5.37. The number of para-hydroxylation sites is 1. The molecule has 0 aromatic heterocycles. The molecule has 1 aromatic rings. The number of rotatable bonds is 6. The van der Waals surface area contributed by atoms with Gasteiger partial charge in [-0.3, -0.25) is 24.6 Å². The molecule has 1 aromatic carbocycles. The van der Waals surface area contributed by atoms with Crippen molar-refractivity contribution in [3.8, 4) is 0 Å². The number of hydrogen-bond donors (Lipinski definition) is 2. The van der Waals surface area contributed by atoms with Gasteiger partial charge in [0, 0.05) is 31.9 Å². The molecule has 3 aliphatic heterocycles. The Balaban J connectivity index is 1.79. The number of anilines is 1. The number of nitrogens with one attached hydrogen (secondary N) is 2. The van der Waals surface area contributed by atoms with Crippen LogP contribution in [0.1, 0.15) is 32.3 Å². The van der Waals surface area contributed by atoms with Crippen LogP contribution in [-0.4, -0.2) is 48.9 Å². The normalized spacial score (nSPS) is 30.4. The molecule has 3 aliphatic rings. The Labute approximate surface area is 175 Å². The van der Waals surface area contributed by atoms with Crippen molar-refractivity contribution in [2.45, 2.75) is 38.3 Å². The summed E-state index contributed by atoms with van der Waals surface area (Å²) >= 11 is 6.32. The van der Waals surface area contributed by atoms with Crippen molar-refractivity contribution in [3.05, 3.63) is 28.8 Å². The molecule has 0 bridgehead atoms. The molecule has 4 atom stereocenters. The minimum Gasteiger partial charge on any atom is -0.385 e. The molecule has 156 valence electrons. The average Bonchev–Trinajstić information content (AvgIpc) is 3.23. The van der Waals surface area contributed by atoms with Crippen molar-refractivity contribution in [1.82, 2.24) is 10.2 Å². The van der Waals surface area contributed by atoms with Gasteiger partial charge in [0.2, 0.25) is 17.7 Å². The number of benzene rings is 1. The van der Waals surface area contributed by atoms with Crippen LogP contribution in [0.3, 0.4) is 0 Å². The second-order valence-corrected chi connectivity index (χ2v) is 8.89. The lowest BCUT2D eigenvalue weighted by atomic mass is 9.76. The highest BCUT2D eigenvalue weighted by Crippen LogP contribution is 2.54. The van der Waals surface area contributed by atoms with Gasteiger partial charge in [0.25, 0.3) is 0 Å². The van der Waals surface area contributed by atoms with Crippen LogP contribution in [0, 0.1) is 17.8 Å². The van der Waals surface area contributed by atoms with E-state index in [1.807, 2.05) is 6.07 Å². The molecule has 8 heteroatoms. The predicted octanol–water partition coefficient (Wildman–Crippen LogP) is 2.14. The maximum Gasteiger partial charge on any atom is 0.250 e. The van der Waals surface area contributed by atoms with Gasteiger partial charge in [-0.15, -0.1) is 0 Å². The van der Waals surface area contributed by atoms with E-state index < -0.39 is 17.4 Å². The maximum atomic E-state index is 13.4. The molecule has 4 rings (SSSR count). The topological polar surface area (TPSA) is 87.7 Å². The molecule has 29 heavy (non-hydrogen) atoms. The maximum absolute atomic E-state index is 13.4. The number of methoxy groups -OCH3 is 1. The molecule has 3 heterocycles. The summed E-state index contributed by atoms with van der Waals surface area (Å²) in [6.45, 7) is 4.90. The molecule has 2 N–H and O–H groups in total. The molecular formula is C21H26ClN3O4. The van der Waals surface area contributed by atoms with Gasteiger partial charge in [-0.25, -0.2) is 0 Å². The van der Waals surface area contributed by atoms with Crippen LogP contribution in [0.25, 0.3) is 0 Å². The molecule has 7 nitrogen and oxygen atoms in total. The molecule has 1 spiro atoms. The van der Waals surface area contributed by atoms with E-state index in [1.165, 1.54) is 4.90 Å². The summed E-state index contributed by atoms with van der Waals surface area (Å²) in [4.78, 5) is 41.3. The van der Waals surface area contributed by atoms with Gasteiger partial charge in [-0.05, 0) is 24.8 Å². The Bertz CT molecular complexity index is 873. The molecule has 3 amide bonds. The van der Waals surface area contributed by atoms with Crippen LogP contribution >= 0.6 is 11.6 Å². The Morgan fingerprint density at radius 3 is 2.69 bits per heavy atom. The van der Waals surface area contributed by atoms with Crippen molar-refractivity contribution in [2.24, 2.45) is 17.8 Å². The number of halogens is 1. The van der Waals surface area contributed by atoms with Crippen molar-refractivity contribution >= 4 is 35.0 Å². The van der Waals surface area contributed by atoms with E-state index in [2.05, 4.69) is 24.5 Å². The number of likely N-dealkylation sites (tertiary alicyclic amines) is 1. The SMILES string of the molecule is COCCCN1C(=O)[C@H]2[C@@H](C1=O)[C@@]1(N[C@@H]2CC(C)C)C(=O)Nc2c(Cl)cccc21. The average molecular weight is 420 g/mol. The van der Waals surface area contributed by atoms with E-state index in [1.54, 1.807) is 19.2 Å². The minimum absolute atomic E-state index is 0.200. The Morgan fingerprint density at radius 2 is 2.00 bits per heavy atom. The van der Waals surface area contributed by atoms with Crippen LogP contribution in [-0.2, 0) is 24.7 Å². The lowest BCUT2D eigenvalue weighted by Gasteiger charge is -2.30. The zero-order valence-electron chi connectivity index (χ0n) is 16.8. The van der Waals surface area contributed by atoms with E-state index in [4.69, 9.17) is 16.3 Å². The number of fused-ring (bicyclic) bond motifs is 4. The fraction of sp³-hybridized carbons (Fsp3) is 0.571. The highest BCUT2D eigenvalue weighted by Gasteiger charge is 2.70. The van der Waals surface area contributed by atoms with Crippen LogP contribution < -0.4 is 10.6 Å². The number of ether oxygens (including phenoxy) is 1. The Hall–Kier alpha value is -1.96. The second kappa shape index (κ2) is 7.38. The first-order valence-electron chi connectivity index (χ1n) is 10.0. The second-order valence-electron chi connectivity index (χ2n) is 8.48. The molecular weight excluding hydrogens is 394 g/mol. The van der Waals surface area contributed by atoms with Crippen LogP contribution in [0.2, 0.25) is 5.02 Å². The van der Waals surface area contributed by atoms with Crippen LogP contribution in [0.4, 0.5) is 5.69 Å². The molecule has 2 fully saturated rings. The van der Waals surface area contributed by atoms with Gasteiger partial charge in [0.15, 0.2) is 0 Å². The third-order valence-corrected chi connectivity index (χ3v) is 6.56. The van der Waals surface area contributed by atoms with Gasteiger partial charge in [0.1, 0.15) is 5.54 Å². The monoisotopic (exact) mass is 419 g/mol. The van der Waals surface area contributed by atoms with Gasteiger partial charge in [0.05, 0.1) is 22.5 Å². The fourth-order valence-electron chi connectivity index (χ4n) is 5.15. The van der Waals surface area contributed by atoms with Crippen molar-refractivity contribution < 1.29 is 19.1 Å². The number of hydrogen-bond acceptors (Lipinski definition) is 5. The minimum atomic E-state index is -1.27. The third-order valence-electron chi connectivity index (χ3n) is 6.25. The van der Waals surface area contributed by atoms with Gasteiger partial charge < -0.3 is 10.1 Å². The van der Waals surface area contributed by atoms with E-state index in [0.29, 0.717) is 48.2 Å². The largest absolute Gasteiger partial charge is 0.385 e. The van der Waals surface area contributed by atoms with Crippen molar-refractivity contribution in [2.75, 3.05) is 25.6 Å². The van der Waals surface area contributed by atoms with Crippen molar-refractivity contribution in [3.63, 3.8) is 0 Å². The first kappa shape index (κ1) is 20.3. The summed E-state index contributed by atoms with van der Waals surface area (Å²) < 4.78 is 5.07. The summed E-state index contributed by atoms with van der Waals surface area (Å²) in [6, 6.07) is 5.02. The van der Waals surface area contributed by atoms with Gasteiger partial charge in [-0.2, -0.15) is 0 Å². The summed E-state index contributed by atoms with van der Waals surface area (Å²) in [5, 5.41) is 6.69. The van der Waals surface area contributed by atoms with Crippen LogP contribution in [0.15, 0.2) is 18.2 Å². The number of nitrogens with zero attached hydrogens (tertiary/aromatic N) is 1.